The van der Waals surface area contributed by atoms with Gasteiger partial charge in [0.25, 0.3) is 0 Å². The van der Waals surface area contributed by atoms with E-state index in [1.807, 2.05) is 22.9 Å². The van der Waals surface area contributed by atoms with Crippen LogP contribution < -0.4 is 0 Å². The van der Waals surface area contributed by atoms with Crippen molar-refractivity contribution in [3.63, 3.8) is 0 Å². The van der Waals surface area contributed by atoms with Gasteiger partial charge in [-0.25, -0.2) is 4.39 Å². The Bertz CT molecular complexity index is 720. The van der Waals surface area contributed by atoms with Crippen molar-refractivity contribution in [2.24, 2.45) is 5.41 Å². The molecule has 0 unspecified atom stereocenters. The minimum absolute atomic E-state index is 0.0965. The predicted octanol–water partition coefficient (Wildman–Crippen LogP) is 3.11. The highest BCUT2D eigenvalue weighted by Crippen LogP contribution is 2.51. The second-order valence-corrected chi connectivity index (χ2v) is 8.42. The molecule has 5 heteroatoms. The summed E-state index contributed by atoms with van der Waals surface area (Å²) >= 11 is 0. The van der Waals surface area contributed by atoms with Gasteiger partial charge in [-0.15, -0.1) is 0 Å². The normalized spacial score (nSPS) is 24.5. The molecule has 26 heavy (non-hydrogen) atoms. The highest BCUT2D eigenvalue weighted by molar-refractivity contribution is 5.91. The summed E-state index contributed by atoms with van der Waals surface area (Å²) in [7, 11) is 1.88. The summed E-state index contributed by atoms with van der Waals surface area (Å²) < 4.78 is 14.2. The fourth-order valence-corrected chi connectivity index (χ4v) is 4.78. The summed E-state index contributed by atoms with van der Waals surface area (Å²) in [6, 6.07) is 6.70. The second kappa shape index (κ2) is 6.36. The number of halogens is 1. The van der Waals surface area contributed by atoms with Gasteiger partial charge in [0.2, 0.25) is 11.8 Å². The van der Waals surface area contributed by atoms with Crippen molar-refractivity contribution in [2.45, 2.75) is 50.4 Å². The Morgan fingerprint density at radius 2 is 1.65 bits per heavy atom. The van der Waals surface area contributed by atoms with Crippen LogP contribution in [0, 0.1) is 11.2 Å². The average molecular weight is 358 g/mol. The smallest absolute Gasteiger partial charge is 0.233 e. The number of piperidine rings is 1. The molecule has 2 amide bonds. The maximum atomic E-state index is 14.2. The lowest BCUT2D eigenvalue weighted by Crippen LogP contribution is -2.47. The number of carbonyl (C=O) groups excluding carboxylic acids is 2. The molecule has 0 atom stereocenters. The Morgan fingerprint density at radius 3 is 2.31 bits per heavy atom. The monoisotopic (exact) mass is 358 g/mol. The van der Waals surface area contributed by atoms with Crippen LogP contribution in [0.3, 0.4) is 0 Å². The van der Waals surface area contributed by atoms with Crippen LogP contribution in [0.1, 0.15) is 50.5 Å². The predicted molar refractivity (Wildman–Crippen MR) is 97.0 cm³/mol. The van der Waals surface area contributed by atoms with E-state index in [9.17, 15) is 14.0 Å². The van der Waals surface area contributed by atoms with Crippen LogP contribution in [0.15, 0.2) is 24.3 Å². The molecule has 2 heterocycles. The lowest BCUT2D eigenvalue weighted by atomic mass is 9.72. The molecule has 1 aromatic carbocycles. The summed E-state index contributed by atoms with van der Waals surface area (Å²) in [5.74, 6) is 0.0632. The minimum Gasteiger partial charge on any atom is -0.346 e. The van der Waals surface area contributed by atoms with E-state index in [4.69, 9.17) is 0 Å². The highest BCUT2D eigenvalue weighted by Gasteiger charge is 2.55. The number of benzene rings is 1. The molecule has 2 saturated heterocycles. The Morgan fingerprint density at radius 1 is 1.00 bits per heavy atom. The summed E-state index contributed by atoms with van der Waals surface area (Å²) in [6.07, 6.45) is 5.96. The zero-order valence-corrected chi connectivity index (χ0v) is 15.5. The van der Waals surface area contributed by atoms with E-state index in [1.54, 1.807) is 12.1 Å². The van der Waals surface area contributed by atoms with Crippen LogP contribution in [0.5, 0.6) is 0 Å². The van der Waals surface area contributed by atoms with Crippen LogP contribution in [-0.4, -0.2) is 48.3 Å². The van der Waals surface area contributed by atoms with Crippen LogP contribution in [-0.2, 0) is 15.0 Å². The summed E-state index contributed by atoms with van der Waals surface area (Å²) in [4.78, 5) is 28.9. The molecule has 1 aromatic rings. The van der Waals surface area contributed by atoms with E-state index in [1.165, 1.54) is 6.07 Å². The molecule has 3 aliphatic rings. The largest absolute Gasteiger partial charge is 0.346 e. The van der Waals surface area contributed by atoms with Gasteiger partial charge in [-0.2, -0.15) is 0 Å². The van der Waals surface area contributed by atoms with E-state index in [0.717, 1.165) is 58.2 Å². The van der Waals surface area contributed by atoms with Gasteiger partial charge in [0.05, 0.1) is 5.41 Å². The van der Waals surface area contributed by atoms with Crippen molar-refractivity contribution in [1.29, 1.82) is 0 Å². The fraction of sp³-hybridized carbons (Fsp3) is 0.619. The molecule has 1 spiro atoms. The number of hydrogen-bond acceptors (Lipinski definition) is 2. The number of rotatable bonds is 2. The first-order valence-electron chi connectivity index (χ1n) is 9.74. The molecule has 1 saturated carbocycles. The summed E-state index contributed by atoms with van der Waals surface area (Å²) in [5, 5.41) is 0. The lowest BCUT2D eigenvalue weighted by Gasteiger charge is -2.42. The zero-order valence-electron chi connectivity index (χ0n) is 15.5. The third-order valence-corrected chi connectivity index (χ3v) is 6.93. The third-order valence-electron chi connectivity index (χ3n) is 6.93. The Kier molecular flexibility index (Phi) is 4.28. The van der Waals surface area contributed by atoms with Crippen LogP contribution in [0.25, 0.3) is 0 Å². The number of carbonyl (C=O) groups is 2. The Labute approximate surface area is 154 Å². The molecule has 4 nitrogen and oxygen atoms in total. The van der Waals surface area contributed by atoms with Gasteiger partial charge in [0.15, 0.2) is 0 Å². The van der Waals surface area contributed by atoms with Gasteiger partial charge in [-0.3, -0.25) is 9.59 Å². The summed E-state index contributed by atoms with van der Waals surface area (Å²) in [6.45, 7) is 2.27. The number of hydrogen-bond donors (Lipinski definition) is 0. The Balaban J connectivity index is 1.44. The quantitative estimate of drug-likeness (QED) is 0.815. The molecule has 3 fully saturated rings. The molecule has 1 aliphatic carbocycles. The van der Waals surface area contributed by atoms with E-state index in [-0.39, 0.29) is 23.0 Å². The van der Waals surface area contributed by atoms with Gasteiger partial charge >= 0.3 is 0 Å². The molecular formula is C21H27FN2O2. The third kappa shape index (κ3) is 2.91. The van der Waals surface area contributed by atoms with Crippen molar-refractivity contribution < 1.29 is 14.0 Å². The summed E-state index contributed by atoms with van der Waals surface area (Å²) in [5.41, 5.74) is 0.119. The van der Waals surface area contributed by atoms with Crippen LogP contribution in [0.2, 0.25) is 0 Å². The first-order chi connectivity index (χ1) is 12.5. The molecular weight excluding hydrogens is 331 g/mol. The van der Waals surface area contributed by atoms with E-state index in [2.05, 4.69) is 0 Å². The first-order valence-corrected chi connectivity index (χ1v) is 9.74. The van der Waals surface area contributed by atoms with Gasteiger partial charge in [-0.05, 0) is 50.0 Å². The van der Waals surface area contributed by atoms with Crippen molar-refractivity contribution in [3.05, 3.63) is 35.6 Å². The lowest BCUT2D eigenvalue weighted by molar-refractivity contribution is -0.136. The molecule has 4 rings (SSSR count). The SMILES string of the molecule is CN1CCC2(CCC1=O)CCN(C(=O)C1(c3ccccc3F)CC1)CC2. The second-order valence-electron chi connectivity index (χ2n) is 8.42. The number of amides is 2. The van der Waals surface area contributed by atoms with Gasteiger partial charge in [-0.1, -0.05) is 18.2 Å². The van der Waals surface area contributed by atoms with Crippen LogP contribution in [0.4, 0.5) is 4.39 Å². The van der Waals surface area contributed by atoms with Crippen molar-refractivity contribution in [1.82, 2.24) is 9.80 Å². The standard InChI is InChI=1S/C21H27FN2O2/c1-23-13-10-20(7-6-18(23)25)11-14-24(15-12-20)19(26)21(8-9-21)16-4-2-3-5-17(16)22/h2-5H,6-15H2,1H3. The van der Waals surface area contributed by atoms with E-state index >= 15 is 0 Å². The maximum absolute atomic E-state index is 14.2. The highest BCUT2D eigenvalue weighted by atomic mass is 19.1. The topological polar surface area (TPSA) is 40.6 Å². The molecule has 140 valence electrons. The van der Waals surface area contributed by atoms with E-state index in [0.29, 0.717) is 12.0 Å². The molecule has 0 radical (unpaired) electrons. The van der Waals surface area contributed by atoms with Gasteiger partial charge in [0.1, 0.15) is 5.82 Å². The van der Waals surface area contributed by atoms with E-state index < -0.39 is 5.41 Å². The number of nitrogens with zero attached hydrogens (tertiary/aromatic N) is 2. The molecule has 2 aliphatic heterocycles. The van der Waals surface area contributed by atoms with Crippen LogP contribution >= 0.6 is 0 Å². The first kappa shape index (κ1) is 17.5. The fourth-order valence-electron chi connectivity index (χ4n) is 4.78. The molecule has 0 bridgehead atoms. The van der Waals surface area contributed by atoms with Gasteiger partial charge < -0.3 is 9.80 Å². The van der Waals surface area contributed by atoms with Gasteiger partial charge in [0, 0.05) is 38.7 Å². The zero-order chi connectivity index (χ0) is 18.4. The Hall–Kier alpha value is -1.91. The number of likely N-dealkylation sites (tertiary alicyclic amines) is 2. The average Bonchev–Trinajstić information content (AvgIpc) is 3.47. The van der Waals surface area contributed by atoms with Crippen molar-refractivity contribution in [2.75, 3.05) is 26.7 Å². The van der Waals surface area contributed by atoms with Crippen molar-refractivity contribution >= 4 is 11.8 Å². The maximum Gasteiger partial charge on any atom is 0.233 e. The molecule has 0 N–H and O–H groups in total. The van der Waals surface area contributed by atoms with Crippen molar-refractivity contribution in [3.8, 4) is 0 Å². The molecule has 0 aromatic heterocycles. The minimum atomic E-state index is -0.629.